The van der Waals surface area contributed by atoms with Crippen LogP contribution in [0.25, 0.3) is 70.9 Å². The fraction of sp³-hybridized carbons (Fsp3) is 0.412. The molecule has 10 rings (SSSR count). The Bertz CT molecular complexity index is 3780. The minimum absolute atomic E-state index is 0. The Kier molecular flexibility index (Phi) is 42.8. The molecule has 8 aromatic carbocycles. The van der Waals surface area contributed by atoms with E-state index in [1.54, 1.807) is 0 Å². The number of fused-ring (bicyclic) bond motifs is 4. The monoisotopic (exact) mass is 1910 g/mol. The average Bonchev–Trinajstić information content (AvgIpc) is 0.752. The van der Waals surface area contributed by atoms with Crippen LogP contribution >= 0.6 is 0 Å². The summed E-state index contributed by atoms with van der Waals surface area (Å²) in [5, 5.41) is 14.9. The van der Waals surface area contributed by atoms with Crippen molar-refractivity contribution in [1.29, 1.82) is 0 Å². The van der Waals surface area contributed by atoms with Crippen molar-refractivity contribution in [3.63, 3.8) is 0 Å². The third-order valence-corrected chi connectivity index (χ3v) is 14.2. The number of aromatic nitrogens is 2. The third kappa shape index (κ3) is 48.2. The van der Waals surface area contributed by atoms with Crippen molar-refractivity contribution in [2.75, 3.05) is 0 Å². The van der Waals surface area contributed by atoms with Crippen molar-refractivity contribution in [3.05, 3.63) is 272 Å². The van der Waals surface area contributed by atoms with Crippen molar-refractivity contribution >= 4 is 105 Å². The van der Waals surface area contributed by atoms with Gasteiger partial charge in [-0.25, -0.2) is 0 Å². The fourth-order valence-corrected chi connectivity index (χ4v) is 9.72. The topological polar surface area (TPSA) is 39.9 Å². The molecule has 0 aliphatic carbocycles. The van der Waals surface area contributed by atoms with Crippen LogP contribution in [0, 0.1) is 45.8 Å². The number of hydrogen-bond donors (Lipinski definition) is 0. The molecule has 0 unspecified atom stereocenters. The molecule has 0 N–H and O–H groups in total. The zero-order valence-corrected chi connectivity index (χ0v) is 89.4. The first-order chi connectivity index (χ1) is 48.2. The maximum atomic E-state index is 5.24. The van der Waals surface area contributed by atoms with Crippen LogP contribution in [0.15, 0.2) is 182 Å². The van der Waals surface area contributed by atoms with Crippen molar-refractivity contribution < 1.29 is 51.7 Å². The van der Waals surface area contributed by atoms with E-state index in [-0.39, 0.29) is 73.3 Å². The van der Waals surface area contributed by atoms with Gasteiger partial charge in [-0.05, 0) is 177 Å². The Morgan fingerprint density at radius 2 is 0.532 bits per heavy atom. The van der Waals surface area contributed by atoms with E-state index in [4.69, 9.17) is 15.3 Å². The van der Waals surface area contributed by atoms with Crippen molar-refractivity contribution in [2.24, 2.45) is 0 Å². The number of aryl methyl sites for hydroxylation is 2. The van der Waals surface area contributed by atoms with Gasteiger partial charge in [0.05, 0.1) is 5.69 Å². The second-order valence-electron chi connectivity index (χ2n) is 41.9. The minimum Gasteiger partial charge on any atom is -0.461 e. The molecule has 0 aliphatic rings. The van der Waals surface area contributed by atoms with E-state index < -0.39 is 56.5 Å². The molecule has 0 saturated carbocycles. The van der Waals surface area contributed by atoms with Gasteiger partial charge in [-0.2, -0.15) is 0 Å². The van der Waals surface area contributed by atoms with Crippen LogP contribution in [0.5, 0.6) is 0 Å². The number of hydrogen-bond acceptors (Lipinski definition) is 2. The normalized spacial score (nSPS) is 12.0. The summed E-state index contributed by atoms with van der Waals surface area (Å²) in [6.07, 6.45) is 1.93. The average molecular weight is 1910 g/mol. The molecule has 0 amide bonds. The first-order valence-corrected chi connectivity index (χ1v) is 64.8. The molecule has 0 saturated heterocycles. The predicted molar refractivity (Wildman–Crippen MR) is 512 cm³/mol. The van der Waals surface area contributed by atoms with E-state index in [1.807, 2.05) is 12.1 Å². The smallest absolute Gasteiger partial charge is 0.461 e. The van der Waals surface area contributed by atoms with E-state index in [0.29, 0.717) is 6.54 Å². The zero-order valence-electron chi connectivity index (χ0n) is 75.2. The van der Waals surface area contributed by atoms with Gasteiger partial charge in [0.2, 0.25) is 0 Å². The summed E-state index contributed by atoms with van der Waals surface area (Å²) in [6, 6.07) is 66.2. The van der Waals surface area contributed by atoms with Crippen LogP contribution in [0.4, 0.5) is 5.82 Å². The maximum Gasteiger partial charge on any atom is 4.00 e. The molecule has 2 heterocycles. The van der Waals surface area contributed by atoms with Gasteiger partial charge >= 0.3 is 25.8 Å². The van der Waals surface area contributed by atoms with Crippen LogP contribution in [-0.2, 0) is 92.7 Å². The molecule has 10 aromatic rings. The Hall–Kier alpha value is -3.84. The largest absolute Gasteiger partial charge is 4.00 e. The van der Waals surface area contributed by atoms with Gasteiger partial charge in [-0.3, -0.25) is 4.98 Å². The summed E-state index contributed by atoms with van der Waals surface area (Å²) in [6.45, 7) is 102. The Morgan fingerprint density at radius 3 is 0.798 bits per heavy atom. The van der Waals surface area contributed by atoms with Crippen LogP contribution < -0.4 is 0 Å². The summed E-state index contributed by atoms with van der Waals surface area (Å²) < 4.78 is 0. The van der Waals surface area contributed by atoms with Crippen LogP contribution in [0.3, 0.4) is 0 Å². The first-order valence-electron chi connectivity index (χ1n) is 38.9. The molecule has 592 valence electrons. The Balaban J connectivity index is 0.00000147. The van der Waals surface area contributed by atoms with Crippen LogP contribution in [0.2, 0.25) is 137 Å². The molecule has 0 fully saturated rings. The second-order valence-corrected chi connectivity index (χ2v) is 77.7. The van der Waals surface area contributed by atoms with Gasteiger partial charge in [0.15, 0.2) is 0 Å². The summed E-state index contributed by atoms with van der Waals surface area (Å²) in [5.74, 6) is 0.764. The van der Waals surface area contributed by atoms with Gasteiger partial charge in [0.1, 0.15) is 0 Å². The summed E-state index contributed by atoms with van der Waals surface area (Å²) in [4.78, 5) is 10.3. The zero-order chi connectivity index (χ0) is 82.5. The molecule has 0 aliphatic heterocycles. The molecule has 109 heavy (non-hydrogen) atoms. The summed E-state index contributed by atoms with van der Waals surface area (Å²) >= 11 is 0. The first kappa shape index (κ1) is 105. The van der Waals surface area contributed by atoms with Crippen LogP contribution in [0.1, 0.15) is 122 Å². The van der Waals surface area contributed by atoms with E-state index in [0.717, 1.165) is 35.7 Å². The number of pyridine rings is 2. The molecule has 0 radical (unpaired) electrons. The van der Waals surface area contributed by atoms with Gasteiger partial charge in [0.25, 0.3) is 0 Å². The maximum absolute atomic E-state index is 5.24. The van der Waals surface area contributed by atoms with Crippen molar-refractivity contribution in [1.82, 2.24) is 9.97 Å². The van der Waals surface area contributed by atoms with Crippen molar-refractivity contribution in [2.45, 2.75) is 262 Å². The molecular formula is C97H149Hf2N3Si7-4. The summed E-state index contributed by atoms with van der Waals surface area (Å²) in [5.41, 5.74) is 13.8. The van der Waals surface area contributed by atoms with Gasteiger partial charge in [0, 0.05) is 37.1 Å². The molecule has 2 aromatic heterocycles. The predicted octanol–water partition coefficient (Wildman–Crippen LogP) is 31.2. The van der Waals surface area contributed by atoms with Crippen LogP contribution in [-0.4, -0.2) is 66.5 Å². The van der Waals surface area contributed by atoms with E-state index in [1.165, 1.54) is 87.6 Å². The quantitative estimate of drug-likeness (QED) is 0.0864. The molecule has 3 nitrogen and oxygen atoms in total. The second kappa shape index (κ2) is 44.3. The molecule has 0 spiro atoms. The van der Waals surface area contributed by atoms with E-state index in [9.17, 15) is 0 Å². The number of benzene rings is 8. The minimum atomic E-state index is -0.861. The molecule has 12 heteroatoms. The van der Waals surface area contributed by atoms with E-state index in [2.05, 4.69) is 436 Å². The third-order valence-electron chi connectivity index (χ3n) is 14.2. The number of rotatable bonds is 8. The van der Waals surface area contributed by atoms with Crippen molar-refractivity contribution in [3.8, 4) is 22.5 Å². The van der Waals surface area contributed by atoms with Gasteiger partial charge < -0.3 is 56.1 Å². The molecule has 0 atom stereocenters. The standard InChI is InChI=1S/C35H37N.C34H35N2.7C4H11Si.2Hf/c1-34(2,3)27-18-16-25-21-26-17-19-28(35(4,5)6)23-31(26)33(30(25)22-27)32-14-10-13-29(36-32)20-15-24-11-8-7-9-12-24;1-33(2,3)26-17-15-24-19-25-16-18-27(34(4,5)6)21-29(25)32(28(24)20-26)30-13-10-14-31(36-30)35-22-23-11-8-7-9-12-23;7*1-5(2,3)4;;/h7-14,16-19,21-23H,15,20H2,1-6H3;7-21H,22H2,1-6H3;7*1H2,2-4H3;;/q;8*-1;;+4. The molecular weight excluding hydrogens is 1760 g/mol. The Morgan fingerprint density at radius 1 is 0.284 bits per heavy atom. The Labute approximate surface area is 716 Å². The number of nitrogens with zero attached hydrogens (tertiary/aromatic N) is 3. The fourth-order valence-electron chi connectivity index (χ4n) is 9.72. The van der Waals surface area contributed by atoms with E-state index >= 15 is 0 Å². The van der Waals surface area contributed by atoms with Gasteiger partial charge in [-0.1, -0.05) is 360 Å². The molecule has 0 bridgehead atoms. The SMILES string of the molecule is CC(C)(C)c1ccc2cc3ccc(C(C)(C)C)cc3c(-c3cccc(CCc4ccccc4)n3)c2c1.CC(C)(C)c1ccc2cc3ccc(C(C)(C)C)cc3c(-c3cccc([N-]Cc4ccccc4)n3)c2c1.[CH2-][Si](C)(C)C.[CH2-][Si](C)(C)C.[CH2-][Si](C)(C)C.[CH2-][Si](C)(C)C.[CH2-][Si](C)(C)C.[CH2-][Si](C)(C)C.[CH2-][Si](C)(C)C.[Hf+4].[Hf]. The van der Waals surface area contributed by atoms with Gasteiger partial charge in [-0.15, -0.1) is 56.5 Å². The summed E-state index contributed by atoms with van der Waals surface area (Å²) in [7, 11) is -6.03.